The summed E-state index contributed by atoms with van der Waals surface area (Å²) in [5, 5.41) is 2.79. The van der Waals surface area contributed by atoms with E-state index in [-0.39, 0.29) is 35.3 Å². The number of rotatable bonds is 10. The first kappa shape index (κ1) is 25.9. The molecule has 2 amide bonds. The topological polar surface area (TPSA) is 119 Å². The fourth-order valence-corrected chi connectivity index (χ4v) is 3.97. The Hall–Kier alpha value is -3.40. The van der Waals surface area contributed by atoms with E-state index in [1.165, 1.54) is 25.1 Å². The van der Waals surface area contributed by atoms with Crippen LogP contribution in [0.25, 0.3) is 0 Å². The number of sulfonamides is 1. The van der Waals surface area contributed by atoms with Gasteiger partial charge in [-0.15, -0.1) is 0 Å². The highest BCUT2D eigenvalue weighted by Crippen LogP contribution is 2.21. The van der Waals surface area contributed by atoms with Crippen LogP contribution in [0, 0.1) is 0 Å². The van der Waals surface area contributed by atoms with E-state index in [9.17, 15) is 22.8 Å². The molecule has 0 spiro atoms. The van der Waals surface area contributed by atoms with E-state index in [2.05, 4.69) is 5.32 Å². The number of Topliss-reactive ketones (excluding diaryl/α,β-unsaturated/α-hetero) is 1. The van der Waals surface area contributed by atoms with Crippen molar-refractivity contribution < 1.29 is 32.3 Å². The summed E-state index contributed by atoms with van der Waals surface area (Å²) in [6.45, 7) is 5.53. The van der Waals surface area contributed by atoms with Gasteiger partial charge < -0.3 is 14.8 Å². The van der Waals surface area contributed by atoms with Crippen LogP contribution in [-0.2, 0) is 21.2 Å². The summed E-state index contributed by atoms with van der Waals surface area (Å²) >= 11 is 0. The number of hydrogen-bond acceptors (Lipinski definition) is 7. The van der Waals surface area contributed by atoms with Crippen molar-refractivity contribution >= 4 is 27.8 Å². The molecule has 33 heavy (non-hydrogen) atoms. The minimum atomic E-state index is -4.02. The van der Waals surface area contributed by atoms with Crippen molar-refractivity contribution in [3.8, 4) is 5.75 Å². The number of hydrogen-bond donors (Lipinski definition) is 1. The summed E-state index contributed by atoms with van der Waals surface area (Å²) in [7, 11) is -2.89. The fourth-order valence-electron chi connectivity index (χ4n) is 2.92. The lowest BCUT2D eigenvalue weighted by Crippen LogP contribution is -2.33. The zero-order valence-corrected chi connectivity index (χ0v) is 19.9. The Labute approximate surface area is 193 Å². The second kappa shape index (κ2) is 11.5. The summed E-state index contributed by atoms with van der Waals surface area (Å²) in [4.78, 5) is 36.0. The molecule has 0 saturated heterocycles. The van der Waals surface area contributed by atoms with Crippen LogP contribution in [0.5, 0.6) is 5.75 Å². The number of nitrogens with zero attached hydrogens (tertiary/aromatic N) is 1. The number of benzene rings is 2. The van der Waals surface area contributed by atoms with Gasteiger partial charge in [-0.25, -0.2) is 17.5 Å². The van der Waals surface area contributed by atoms with E-state index < -0.39 is 16.1 Å². The third-order valence-electron chi connectivity index (χ3n) is 4.74. The van der Waals surface area contributed by atoms with Crippen molar-refractivity contribution in [2.45, 2.75) is 32.1 Å². The van der Waals surface area contributed by atoms with Gasteiger partial charge in [-0.1, -0.05) is 12.1 Å². The lowest BCUT2D eigenvalue weighted by molar-refractivity contribution is 0.0950. The fraction of sp³-hybridized carbons (Fsp3) is 0.348. The van der Waals surface area contributed by atoms with Crippen molar-refractivity contribution in [1.82, 2.24) is 9.62 Å². The third-order valence-corrected chi connectivity index (χ3v) is 6.47. The molecule has 0 aromatic heterocycles. The Balaban J connectivity index is 2.04. The van der Waals surface area contributed by atoms with E-state index in [4.69, 9.17) is 9.47 Å². The lowest BCUT2D eigenvalue weighted by Gasteiger charge is -2.17. The van der Waals surface area contributed by atoms with Crippen LogP contribution in [0.4, 0.5) is 4.79 Å². The van der Waals surface area contributed by atoms with Crippen molar-refractivity contribution in [2.24, 2.45) is 0 Å². The number of carbonyl (C=O) groups excluding carboxylic acids is 3. The van der Waals surface area contributed by atoms with Crippen molar-refractivity contribution in [3.63, 3.8) is 0 Å². The van der Waals surface area contributed by atoms with Crippen LogP contribution >= 0.6 is 0 Å². The minimum Gasteiger partial charge on any atom is -0.493 e. The molecule has 0 saturated carbocycles. The Morgan fingerprint density at radius 1 is 1.00 bits per heavy atom. The average molecular weight is 477 g/mol. The SMILES string of the molecule is CCOC(=O)N(C)S(=O)(=O)c1ccc(CCNC(=O)c2cc(C(C)=O)ccc2OCC)cc1. The van der Waals surface area contributed by atoms with E-state index in [1.54, 1.807) is 38.1 Å². The molecule has 0 aliphatic carbocycles. The first-order valence-corrected chi connectivity index (χ1v) is 11.9. The van der Waals surface area contributed by atoms with Crippen molar-refractivity contribution in [1.29, 1.82) is 0 Å². The molecule has 178 valence electrons. The second-order valence-corrected chi connectivity index (χ2v) is 8.99. The molecule has 1 N–H and O–H groups in total. The first-order valence-electron chi connectivity index (χ1n) is 10.4. The molecule has 10 heteroatoms. The smallest absolute Gasteiger partial charge is 0.423 e. The molecule has 0 fully saturated rings. The van der Waals surface area contributed by atoms with Gasteiger partial charge in [0.2, 0.25) is 0 Å². The van der Waals surface area contributed by atoms with Gasteiger partial charge in [0.25, 0.3) is 15.9 Å². The van der Waals surface area contributed by atoms with Gasteiger partial charge in [0, 0.05) is 19.2 Å². The molecule has 0 atom stereocenters. The highest BCUT2D eigenvalue weighted by molar-refractivity contribution is 7.89. The summed E-state index contributed by atoms with van der Waals surface area (Å²) in [5.74, 6) is -0.146. The predicted molar refractivity (Wildman–Crippen MR) is 122 cm³/mol. The van der Waals surface area contributed by atoms with Crippen molar-refractivity contribution in [3.05, 3.63) is 59.2 Å². The Morgan fingerprint density at radius 3 is 2.24 bits per heavy atom. The predicted octanol–water partition coefficient (Wildman–Crippen LogP) is 3.04. The van der Waals surface area contributed by atoms with E-state index in [0.717, 1.165) is 12.6 Å². The monoisotopic (exact) mass is 476 g/mol. The Kier molecular flexibility index (Phi) is 8.98. The maximum atomic E-state index is 12.7. The van der Waals surface area contributed by atoms with Gasteiger partial charge in [0.1, 0.15) is 5.75 Å². The highest BCUT2D eigenvalue weighted by Gasteiger charge is 2.26. The van der Waals surface area contributed by atoms with Crippen LogP contribution in [0.15, 0.2) is 47.4 Å². The molecular formula is C23H28N2O7S. The molecule has 2 rings (SSSR count). The van der Waals surface area contributed by atoms with Crippen LogP contribution in [0.1, 0.15) is 47.1 Å². The minimum absolute atomic E-state index is 0.0479. The van der Waals surface area contributed by atoms with Gasteiger partial charge >= 0.3 is 6.09 Å². The van der Waals surface area contributed by atoms with Crippen LogP contribution in [-0.4, -0.2) is 57.3 Å². The van der Waals surface area contributed by atoms with Gasteiger partial charge in [0.05, 0.1) is 23.7 Å². The summed E-state index contributed by atoms with van der Waals surface area (Å²) < 4.78 is 35.8. The maximum absolute atomic E-state index is 12.7. The quantitative estimate of drug-likeness (QED) is 0.524. The van der Waals surface area contributed by atoms with Crippen LogP contribution in [0.2, 0.25) is 0 Å². The van der Waals surface area contributed by atoms with Crippen LogP contribution < -0.4 is 10.1 Å². The number of ketones is 1. The molecule has 0 aliphatic heterocycles. The Morgan fingerprint density at radius 2 is 1.67 bits per heavy atom. The molecule has 0 radical (unpaired) electrons. The van der Waals surface area contributed by atoms with Gasteiger partial charge in [-0.2, -0.15) is 0 Å². The largest absolute Gasteiger partial charge is 0.493 e. The lowest BCUT2D eigenvalue weighted by atomic mass is 10.1. The summed E-state index contributed by atoms with van der Waals surface area (Å²) in [6, 6.07) is 10.7. The summed E-state index contributed by atoms with van der Waals surface area (Å²) in [6.07, 6.45) is -0.513. The molecular weight excluding hydrogens is 448 g/mol. The normalized spacial score (nSPS) is 10.9. The number of carbonyl (C=O) groups is 3. The van der Waals surface area contributed by atoms with E-state index >= 15 is 0 Å². The number of ether oxygens (including phenoxy) is 2. The van der Waals surface area contributed by atoms with Gasteiger partial charge in [-0.05, 0) is 63.1 Å². The molecule has 0 heterocycles. The van der Waals surface area contributed by atoms with Gasteiger partial charge in [-0.3, -0.25) is 9.59 Å². The third kappa shape index (κ3) is 6.55. The molecule has 2 aromatic rings. The van der Waals surface area contributed by atoms with Crippen molar-refractivity contribution in [2.75, 3.05) is 26.8 Å². The zero-order valence-electron chi connectivity index (χ0n) is 19.1. The maximum Gasteiger partial charge on any atom is 0.423 e. The first-order chi connectivity index (χ1) is 15.6. The molecule has 0 bridgehead atoms. The number of amides is 2. The Bertz CT molecular complexity index is 1110. The molecule has 9 nitrogen and oxygen atoms in total. The second-order valence-electron chi connectivity index (χ2n) is 7.02. The zero-order chi connectivity index (χ0) is 24.6. The highest BCUT2D eigenvalue weighted by atomic mass is 32.2. The average Bonchev–Trinajstić information content (AvgIpc) is 2.79. The van der Waals surface area contributed by atoms with E-state index in [1.807, 2.05) is 0 Å². The molecule has 0 unspecified atom stereocenters. The van der Waals surface area contributed by atoms with E-state index in [0.29, 0.717) is 28.6 Å². The van der Waals surface area contributed by atoms with Crippen LogP contribution in [0.3, 0.4) is 0 Å². The summed E-state index contributed by atoms with van der Waals surface area (Å²) in [5.41, 5.74) is 1.47. The standard InChI is InChI=1S/C23H28N2O7S/c1-5-31-21-12-9-18(16(3)26)15-20(21)22(27)24-14-13-17-7-10-19(11-8-17)33(29,30)25(4)23(28)32-6-2/h7-12,15H,5-6,13-14H2,1-4H3,(H,24,27). The number of nitrogens with one attached hydrogen (secondary N) is 1. The van der Waals surface area contributed by atoms with Gasteiger partial charge in [0.15, 0.2) is 5.78 Å². The molecule has 2 aromatic carbocycles. The molecule has 0 aliphatic rings.